The first-order valence-electron chi connectivity index (χ1n) is 25.2. The van der Waals surface area contributed by atoms with Crippen LogP contribution in [-0.4, -0.2) is 32.8 Å². The number of nitrogens with zero attached hydrogens (tertiary/aromatic N) is 6. The number of aliphatic imine (C=N–C) groups is 4. The molecular formula is C62H76N6. The van der Waals surface area contributed by atoms with Crippen LogP contribution in [0.2, 0.25) is 0 Å². The monoisotopic (exact) mass is 905 g/mol. The average molecular weight is 905 g/mol. The van der Waals surface area contributed by atoms with Gasteiger partial charge in [0.15, 0.2) is 0 Å². The summed E-state index contributed by atoms with van der Waals surface area (Å²) in [7, 11) is 0. The molecule has 0 radical (unpaired) electrons. The molecule has 0 saturated carbocycles. The molecule has 0 spiro atoms. The van der Waals surface area contributed by atoms with E-state index in [0.29, 0.717) is 0 Å². The first-order chi connectivity index (χ1) is 32.5. The van der Waals surface area contributed by atoms with Crippen LogP contribution in [0.5, 0.6) is 0 Å². The van der Waals surface area contributed by atoms with Gasteiger partial charge in [-0.1, -0.05) is 132 Å². The van der Waals surface area contributed by atoms with E-state index in [-0.39, 0.29) is 23.7 Å². The molecule has 0 amide bonds. The van der Waals surface area contributed by atoms with Crippen molar-refractivity contribution in [2.24, 2.45) is 20.0 Å². The normalized spacial score (nSPS) is 12.9. The predicted octanol–water partition coefficient (Wildman–Crippen LogP) is 17.4. The van der Waals surface area contributed by atoms with Gasteiger partial charge in [-0.3, -0.25) is 20.0 Å². The number of hydrogen-bond acceptors (Lipinski definition) is 6. The van der Waals surface area contributed by atoms with Crippen molar-refractivity contribution in [2.45, 2.75) is 160 Å². The highest BCUT2D eigenvalue weighted by atomic mass is 14.9. The molecule has 0 atom stereocenters. The van der Waals surface area contributed by atoms with Gasteiger partial charge in [-0.05, 0) is 181 Å². The summed E-state index contributed by atoms with van der Waals surface area (Å²) < 4.78 is 0. The number of benzene rings is 4. The summed E-state index contributed by atoms with van der Waals surface area (Å²) in [5.41, 5.74) is 23.6. The standard InChI is InChI=1S/C62H76N6/c1-17-45-25-21-26-46(18-2)59(45)63-41(13)55-29-23-31-57(67-55)43(15)65-61-51(37(5)6)33-49(34-52(61)38(7)8)50-35-53(39(9)10)62(54(36-50)40(11)12)66-44(16)58-32-24-30-56(68-58)42(14)64-60-47(19-3)27-22-28-48(60)20-4/h21-40H,17-20H2,1-16H3. The molecule has 0 aliphatic heterocycles. The Morgan fingerprint density at radius 3 is 0.794 bits per heavy atom. The van der Waals surface area contributed by atoms with Crippen molar-refractivity contribution in [3.05, 3.63) is 164 Å². The smallest absolute Gasteiger partial charge is 0.0849 e. The molecule has 6 nitrogen and oxygen atoms in total. The second-order valence-corrected chi connectivity index (χ2v) is 19.5. The minimum atomic E-state index is 0.242. The molecule has 354 valence electrons. The van der Waals surface area contributed by atoms with E-state index in [0.717, 1.165) is 94.1 Å². The zero-order valence-electron chi connectivity index (χ0n) is 44.1. The Morgan fingerprint density at radius 1 is 0.353 bits per heavy atom. The maximum Gasteiger partial charge on any atom is 0.0849 e. The van der Waals surface area contributed by atoms with Crippen LogP contribution in [0.15, 0.2) is 117 Å². The van der Waals surface area contributed by atoms with Gasteiger partial charge in [-0.15, -0.1) is 0 Å². The van der Waals surface area contributed by atoms with E-state index in [1.54, 1.807) is 0 Å². The van der Waals surface area contributed by atoms with E-state index in [9.17, 15) is 0 Å². The third kappa shape index (κ3) is 11.6. The summed E-state index contributed by atoms with van der Waals surface area (Å²) in [6, 6.07) is 34.9. The Bertz CT molecular complexity index is 2580. The third-order valence-corrected chi connectivity index (χ3v) is 13.2. The molecule has 2 heterocycles. The van der Waals surface area contributed by atoms with Gasteiger partial charge < -0.3 is 0 Å². The minimum absolute atomic E-state index is 0.242. The first-order valence-corrected chi connectivity index (χ1v) is 25.2. The van der Waals surface area contributed by atoms with Crippen LogP contribution in [0, 0.1) is 0 Å². The van der Waals surface area contributed by atoms with Crippen molar-refractivity contribution in [2.75, 3.05) is 0 Å². The Balaban J connectivity index is 1.41. The molecule has 6 rings (SSSR count). The van der Waals surface area contributed by atoms with Crippen LogP contribution < -0.4 is 0 Å². The van der Waals surface area contributed by atoms with E-state index < -0.39 is 0 Å². The van der Waals surface area contributed by atoms with E-state index in [4.69, 9.17) is 29.9 Å². The molecule has 0 unspecified atom stereocenters. The molecule has 6 aromatic rings. The lowest BCUT2D eigenvalue weighted by atomic mass is 9.85. The maximum atomic E-state index is 5.45. The SMILES string of the molecule is CCc1cccc(CC)c1N=C(C)c1cccc(C(C)=Nc2c(C(C)C)cc(-c3cc(C(C)C)c(N=C(C)c4cccc(C(C)=Nc5c(CC)cccc5CC)n4)c(C(C)C)c3)cc2C(C)C)n1. The number of para-hydroxylation sites is 2. The van der Waals surface area contributed by atoms with Gasteiger partial charge in [-0.2, -0.15) is 0 Å². The van der Waals surface area contributed by atoms with E-state index >= 15 is 0 Å². The fraction of sp³-hybridized carbons (Fsp3) is 0.387. The van der Waals surface area contributed by atoms with Crippen LogP contribution in [-0.2, 0) is 25.7 Å². The number of hydrogen-bond donors (Lipinski definition) is 0. The lowest BCUT2D eigenvalue weighted by Gasteiger charge is -2.23. The summed E-state index contributed by atoms with van der Waals surface area (Å²) in [4.78, 5) is 31.5. The second-order valence-electron chi connectivity index (χ2n) is 19.5. The lowest BCUT2D eigenvalue weighted by molar-refractivity contribution is 0.831. The van der Waals surface area contributed by atoms with Crippen molar-refractivity contribution < 1.29 is 0 Å². The molecule has 4 aromatic carbocycles. The van der Waals surface area contributed by atoms with Gasteiger partial charge in [0, 0.05) is 0 Å². The Labute approximate surface area is 409 Å². The molecular weight excluding hydrogens is 829 g/mol. The quantitative estimate of drug-likeness (QED) is 0.0855. The summed E-state index contributed by atoms with van der Waals surface area (Å²) in [5, 5.41) is 0. The molecule has 0 N–H and O–H groups in total. The highest BCUT2D eigenvalue weighted by Gasteiger charge is 2.22. The molecule has 6 heteroatoms. The maximum absolute atomic E-state index is 5.45. The van der Waals surface area contributed by atoms with E-state index in [1.807, 2.05) is 0 Å². The fourth-order valence-corrected chi connectivity index (χ4v) is 9.00. The zero-order valence-corrected chi connectivity index (χ0v) is 44.1. The van der Waals surface area contributed by atoms with Crippen LogP contribution >= 0.6 is 0 Å². The van der Waals surface area contributed by atoms with Crippen LogP contribution in [0.25, 0.3) is 11.1 Å². The van der Waals surface area contributed by atoms with Crippen LogP contribution in [0.1, 0.15) is 202 Å². The lowest BCUT2D eigenvalue weighted by Crippen LogP contribution is -2.07. The molecule has 68 heavy (non-hydrogen) atoms. The molecule has 0 aliphatic carbocycles. The van der Waals surface area contributed by atoms with Crippen molar-refractivity contribution in [1.82, 2.24) is 9.97 Å². The van der Waals surface area contributed by atoms with Gasteiger partial charge in [0.05, 0.1) is 68.4 Å². The Kier molecular flexibility index (Phi) is 17.2. The third-order valence-electron chi connectivity index (χ3n) is 13.2. The summed E-state index contributed by atoms with van der Waals surface area (Å²) in [6.07, 6.45) is 3.74. The van der Waals surface area contributed by atoms with Gasteiger partial charge in [0.1, 0.15) is 0 Å². The van der Waals surface area contributed by atoms with Crippen molar-refractivity contribution in [3.63, 3.8) is 0 Å². The van der Waals surface area contributed by atoms with E-state index in [2.05, 4.69) is 208 Å². The van der Waals surface area contributed by atoms with Crippen LogP contribution in [0.4, 0.5) is 22.7 Å². The number of rotatable bonds is 17. The summed E-state index contributed by atoms with van der Waals surface area (Å²) in [6.45, 7) is 35.3. The largest absolute Gasteiger partial charge is 0.251 e. The summed E-state index contributed by atoms with van der Waals surface area (Å²) in [5.74, 6) is 0.969. The van der Waals surface area contributed by atoms with Crippen LogP contribution in [0.3, 0.4) is 0 Å². The molecule has 0 bridgehead atoms. The average Bonchev–Trinajstić information content (AvgIpc) is 3.33. The predicted molar refractivity (Wildman–Crippen MR) is 295 cm³/mol. The zero-order chi connectivity index (χ0) is 49.4. The fourth-order valence-electron chi connectivity index (χ4n) is 9.00. The topological polar surface area (TPSA) is 75.2 Å². The van der Waals surface area contributed by atoms with Gasteiger partial charge in [-0.25, -0.2) is 9.97 Å². The number of aryl methyl sites for hydroxylation is 4. The molecule has 0 saturated heterocycles. The molecule has 0 fully saturated rings. The first kappa shape index (κ1) is 51.3. The number of aromatic nitrogens is 2. The molecule has 0 aliphatic rings. The number of pyridine rings is 2. The van der Waals surface area contributed by atoms with Crippen molar-refractivity contribution >= 4 is 45.6 Å². The minimum Gasteiger partial charge on any atom is -0.251 e. The van der Waals surface area contributed by atoms with Gasteiger partial charge >= 0.3 is 0 Å². The highest BCUT2D eigenvalue weighted by molar-refractivity contribution is 6.04. The van der Waals surface area contributed by atoms with Gasteiger partial charge in [0.2, 0.25) is 0 Å². The molecule has 2 aromatic heterocycles. The van der Waals surface area contributed by atoms with E-state index in [1.165, 1.54) is 55.6 Å². The Hall–Kier alpha value is -6.14. The highest BCUT2D eigenvalue weighted by Crippen LogP contribution is 2.43. The second kappa shape index (κ2) is 22.8. The Morgan fingerprint density at radius 2 is 0.574 bits per heavy atom. The summed E-state index contributed by atoms with van der Waals surface area (Å²) >= 11 is 0. The van der Waals surface area contributed by atoms with Crippen molar-refractivity contribution in [3.8, 4) is 11.1 Å². The van der Waals surface area contributed by atoms with Gasteiger partial charge in [0.25, 0.3) is 0 Å². The van der Waals surface area contributed by atoms with Crippen molar-refractivity contribution in [1.29, 1.82) is 0 Å².